The normalized spacial score (nSPS) is 21.9. The molecule has 0 radical (unpaired) electrons. The highest BCUT2D eigenvalue weighted by Crippen LogP contribution is 2.35. The van der Waals surface area contributed by atoms with Crippen molar-refractivity contribution in [3.8, 4) is 0 Å². The molecular weight excluding hydrogens is 396 g/mol. The van der Waals surface area contributed by atoms with Crippen LogP contribution < -0.4 is 16.0 Å². The molecule has 3 atom stereocenters. The number of amides is 3. The molecule has 8 heteroatoms. The molecule has 2 fully saturated rings. The van der Waals surface area contributed by atoms with Gasteiger partial charge in [-0.2, -0.15) is 0 Å². The number of nitrogens with one attached hydrogen (secondary N) is 3. The van der Waals surface area contributed by atoms with Crippen LogP contribution in [0.15, 0.2) is 54.6 Å². The van der Waals surface area contributed by atoms with Crippen LogP contribution in [0, 0.1) is 0 Å². The Morgan fingerprint density at radius 3 is 2.26 bits per heavy atom. The van der Waals surface area contributed by atoms with E-state index in [0.717, 1.165) is 18.5 Å². The summed E-state index contributed by atoms with van der Waals surface area (Å²) in [5.74, 6) is -0.607. The molecule has 3 amide bonds. The molecule has 0 spiro atoms. The van der Waals surface area contributed by atoms with Gasteiger partial charge in [0.05, 0.1) is 17.8 Å². The van der Waals surface area contributed by atoms with Gasteiger partial charge in [-0.3, -0.25) is 9.59 Å². The molecule has 2 heterocycles. The number of carbonyl (C=O) groups excluding carboxylic acids is 2. The Morgan fingerprint density at radius 2 is 1.58 bits per heavy atom. The van der Waals surface area contributed by atoms with Gasteiger partial charge in [-0.15, -0.1) is 0 Å². The summed E-state index contributed by atoms with van der Waals surface area (Å²) in [5.41, 5.74) is 1.97. The van der Waals surface area contributed by atoms with Crippen molar-refractivity contribution in [1.82, 2.24) is 15.5 Å². The van der Waals surface area contributed by atoms with Gasteiger partial charge >= 0.3 is 6.09 Å². The van der Waals surface area contributed by atoms with E-state index in [0.29, 0.717) is 24.1 Å². The van der Waals surface area contributed by atoms with Crippen LogP contribution in [0.25, 0.3) is 0 Å². The molecule has 162 valence electrons. The molecule has 2 aromatic carbocycles. The van der Waals surface area contributed by atoms with Crippen molar-refractivity contribution in [2.24, 2.45) is 0 Å². The average molecular weight is 422 g/mol. The van der Waals surface area contributed by atoms with Crippen LogP contribution in [-0.4, -0.2) is 52.6 Å². The third-order valence-electron chi connectivity index (χ3n) is 5.95. The predicted molar refractivity (Wildman–Crippen MR) is 116 cm³/mol. The molecule has 8 nitrogen and oxygen atoms in total. The minimum atomic E-state index is -0.882. The van der Waals surface area contributed by atoms with E-state index in [-0.39, 0.29) is 36.5 Å². The monoisotopic (exact) mass is 422 g/mol. The number of benzene rings is 2. The molecule has 2 bridgehead atoms. The summed E-state index contributed by atoms with van der Waals surface area (Å²) in [6.45, 7) is -0.132. The minimum absolute atomic E-state index is 0.0351. The van der Waals surface area contributed by atoms with E-state index in [9.17, 15) is 19.5 Å². The number of piperidine rings is 1. The van der Waals surface area contributed by atoms with E-state index in [1.54, 1.807) is 12.1 Å². The van der Waals surface area contributed by atoms with Crippen LogP contribution in [0.4, 0.5) is 16.2 Å². The van der Waals surface area contributed by atoms with Crippen LogP contribution in [0.3, 0.4) is 0 Å². The lowest BCUT2D eigenvalue weighted by atomic mass is 9.98. The van der Waals surface area contributed by atoms with Gasteiger partial charge in [0.2, 0.25) is 5.91 Å². The maximum absolute atomic E-state index is 12.7. The molecule has 4 N–H and O–H groups in total. The second kappa shape index (κ2) is 9.07. The zero-order valence-corrected chi connectivity index (χ0v) is 17.1. The van der Waals surface area contributed by atoms with Crippen molar-refractivity contribution in [3.05, 3.63) is 60.2 Å². The van der Waals surface area contributed by atoms with Gasteiger partial charge in [-0.05, 0) is 49.9 Å². The fraction of sp³-hybridized carbons (Fsp3) is 0.348. The molecule has 0 saturated carbocycles. The van der Waals surface area contributed by atoms with E-state index >= 15 is 0 Å². The van der Waals surface area contributed by atoms with Gasteiger partial charge in [0, 0.05) is 23.8 Å². The third-order valence-corrected chi connectivity index (χ3v) is 5.95. The summed E-state index contributed by atoms with van der Waals surface area (Å²) in [7, 11) is 0. The number of fused-ring (bicyclic) bond motifs is 2. The number of para-hydroxylation sites is 2. The highest BCUT2D eigenvalue weighted by molar-refractivity contribution is 6.01. The lowest BCUT2D eigenvalue weighted by Crippen LogP contribution is -2.53. The molecule has 2 aliphatic heterocycles. The Labute approximate surface area is 180 Å². The van der Waals surface area contributed by atoms with Gasteiger partial charge in [0.25, 0.3) is 5.91 Å². The molecular formula is C23H26N4O4. The van der Waals surface area contributed by atoms with Crippen molar-refractivity contribution >= 4 is 29.3 Å². The van der Waals surface area contributed by atoms with Crippen LogP contribution in [0.2, 0.25) is 0 Å². The Kier molecular flexibility index (Phi) is 6.06. The first-order chi connectivity index (χ1) is 15.0. The topological polar surface area (TPSA) is 111 Å². The zero-order valence-electron chi connectivity index (χ0n) is 17.1. The Bertz CT molecular complexity index is 951. The lowest BCUT2D eigenvalue weighted by molar-refractivity contribution is -0.121. The van der Waals surface area contributed by atoms with E-state index in [4.69, 9.17) is 0 Å². The molecule has 1 unspecified atom stereocenters. The summed E-state index contributed by atoms with van der Waals surface area (Å²) in [6, 6.07) is 16.5. The fourth-order valence-electron chi connectivity index (χ4n) is 4.61. The number of carbonyl (C=O) groups is 3. The maximum Gasteiger partial charge on any atom is 0.407 e. The average Bonchev–Trinajstić information content (AvgIpc) is 3.04. The van der Waals surface area contributed by atoms with Crippen molar-refractivity contribution in [3.63, 3.8) is 0 Å². The van der Waals surface area contributed by atoms with Gasteiger partial charge in [0.1, 0.15) is 0 Å². The summed E-state index contributed by atoms with van der Waals surface area (Å²) in [5, 5.41) is 18.2. The Balaban J connectivity index is 1.31. The summed E-state index contributed by atoms with van der Waals surface area (Å²) < 4.78 is 0. The Hall–Kier alpha value is -3.55. The Morgan fingerprint density at radius 1 is 0.935 bits per heavy atom. The molecule has 31 heavy (non-hydrogen) atoms. The van der Waals surface area contributed by atoms with Crippen molar-refractivity contribution < 1.29 is 19.5 Å². The predicted octanol–water partition coefficient (Wildman–Crippen LogP) is 2.95. The quantitative estimate of drug-likeness (QED) is 0.572. The molecule has 2 aromatic rings. The van der Waals surface area contributed by atoms with Crippen molar-refractivity contribution in [1.29, 1.82) is 0 Å². The highest BCUT2D eigenvalue weighted by Gasteiger charge is 2.43. The maximum atomic E-state index is 12.7. The van der Waals surface area contributed by atoms with Gasteiger partial charge in [-0.1, -0.05) is 30.3 Å². The van der Waals surface area contributed by atoms with E-state index in [2.05, 4.69) is 16.0 Å². The van der Waals surface area contributed by atoms with Crippen LogP contribution in [0.5, 0.6) is 0 Å². The standard InChI is InChI=1S/C23H26N4O4/c28-21(26-16-12-17-10-11-18(13-16)27(17)23(30)31)14-24-22(29)19-8-4-5-9-20(19)25-15-6-2-1-3-7-15/h1-9,16-18,25H,10-14H2,(H,24,29)(H,26,28)(H,30,31)/t16?,17-,18+. The summed E-state index contributed by atoms with van der Waals surface area (Å²) in [6.07, 6.45) is 2.03. The van der Waals surface area contributed by atoms with Crippen molar-refractivity contribution in [2.75, 3.05) is 11.9 Å². The first-order valence-corrected chi connectivity index (χ1v) is 10.5. The summed E-state index contributed by atoms with van der Waals surface area (Å²) >= 11 is 0. The number of carboxylic acid groups (broad SMARTS) is 1. The number of rotatable bonds is 6. The first-order valence-electron chi connectivity index (χ1n) is 10.5. The summed E-state index contributed by atoms with van der Waals surface area (Å²) in [4.78, 5) is 38.0. The fourth-order valence-corrected chi connectivity index (χ4v) is 4.61. The molecule has 0 aliphatic carbocycles. The van der Waals surface area contributed by atoms with E-state index in [1.165, 1.54) is 4.90 Å². The SMILES string of the molecule is O=C(CNC(=O)c1ccccc1Nc1ccccc1)NC1C[C@H]2CC[C@@H](C1)N2C(=O)O. The first kappa shape index (κ1) is 20.7. The van der Waals surface area contributed by atoms with Gasteiger partial charge < -0.3 is 26.0 Å². The van der Waals surface area contributed by atoms with Crippen LogP contribution in [-0.2, 0) is 4.79 Å². The smallest absolute Gasteiger partial charge is 0.407 e. The van der Waals surface area contributed by atoms with Crippen molar-refractivity contribution in [2.45, 2.75) is 43.8 Å². The third kappa shape index (κ3) is 4.79. The second-order valence-corrected chi connectivity index (χ2v) is 8.03. The zero-order chi connectivity index (χ0) is 21.8. The van der Waals surface area contributed by atoms with E-state index < -0.39 is 6.09 Å². The molecule has 2 saturated heterocycles. The van der Waals surface area contributed by atoms with Gasteiger partial charge in [-0.25, -0.2) is 4.79 Å². The minimum Gasteiger partial charge on any atom is -0.465 e. The highest BCUT2D eigenvalue weighted by atomic mass is 16.4. The largest absolute Gasteiger partial charge is 0.465 e. The molecule has 0 aromatic heterocycles. The molecule has 4 rings (SSSR count). The number of nitrogens with zero attached hydrogens (tertiary/aromatic N) is 1. The van der Waals surface area contributed by atoms with E-state index in [1.807, 2.05) is 42.5 Å². The van der Waals surface area contributed by atoms with Gasteiger partial charge in [0.15, 0.2) is 0 Å². The number of hydrogen-bond donors (Lipinski definition) is 4. The number of hydrogen-bond acceptors (Lipinski definition) is 4. The van der Waals surface area contributed by atoms with Crippen LogP contribution >= 0.6 is 0 Å². The number of anilines is 2. The lowest BCUT2D eigenvalue weighted by Gasteiger charge is -2.37. The van der Waals surface area contributed by atoms with Crippen LogP contribution in [0.1, 0.15) is 36.0 Å². The molecule has 2 aliphatic rings. The second-order valence-electron chi connectivity index (χ2n) is 8.03.